The lowest BCUT2D eigenvalue weighted by molar-refractivity contribution is 0.322. The van der Waals surface area contributed by atoms with E-state index >= 15 is 8.42 Å². The Morgan fingerprint density at radius 2 is 1.37 bits per heavy atom. The van der Waals surface area contributed by atoms with E-state index in [0.29, 0.717) is 44.2 Å². The second kappa shape index (κ2) is 17.4. The zero-order chi connectivity index (χ0) is 39.9. The third-order valence-electron chi connectivity index (χ3n) is 9.18. The van der Waals surface area contributed by atoms with E-state index in [9.17, 15) is 5.11 Å². The zero-order valence-electron chi connectivity index (χ0n) is 31.4. The number of aliphatic hydroxyl groups is 1. The van der Waals surface area contributed by atoms with Crippen molar-refractivity contribution in [3.8, 4) is 39.8 Å². The number of nitrogen functional groups attached to an aromatic ring is 1. The molecule has 0 radical (unpaired) electrons. The monoisotopic (exact) mass is 804 g/mol. The van der Waals surface area contributed by atoms with E-state index in [-0.39, 0.29) is 54.2 Å². The Morgan fingerprint density at radius 1 is 0.772 bits per heavy atom. The van der Waals surface area contributed by atoms with Crippen molar-refractivity contribution in [2.24, 2.45) is 0 Å². The number of para-hydroxylation sites is 1. The summed E-state index contributed by atoms with van der Waals surface area (Å²) in [7, 11) is 0.314. The summed E-state index contributed by atoms with van der Waals surface area (Å²) < 4.78 is 48.9. The molecular weight excluding hydrogens is 765 g/mol. The highest BCUT2D eigenvalue weighted by Gasteiger charge is 2.35. The molecule has 0 aliphatic rings. The lowest BCUT2D eigenvalue weighted by Gasteiger charge is -2.26. The molecule has 14 nitrogen and oxygen atoms in total. The first kappa shape index (κ1) is 39.2. The molecule has 2 aromatic heterocycles. The number of fused-ring (bicyclic) bond motifs is 1. The molecule has 2 heterocycles. The maximum Gasteiger partial charge on any atom is 0.245 e. The van der Waals surface area contributed by atoms with Crippen LogP contribution in [-0.2, 0) is 29.7 Å². The van der Waals surface area contributed by atoms with Crippen LogP contribution in [0.1, 0.15) is 16.7 Å². The maximum absolute atomic E-state index is 15.7. The maximum atomic E-state index is 15.7. The SMILES string of the molecule is COc1ccc(CN(Cc2ccc(OC)cc2)S(=O)(=O)c2c(SCCO)ccc(-c3cccc4cnc(N)nc34)c2-c2nnn(Cc3ccc(OC)cc3)n2)cc1. The number of anilines is 1. The lowest BCUT2D eigenvalue weighted by Crippen LogP contribution is -2.31. The Bertz CT molecular complexity index is 2540. The Kier molecular flexibility index (Phi) is 11.9. The van der Waals surface area contributed by atoms with Gasteiger partial charge >= 0.3 is 0 Å². The van der Waals surface area contributed by atoms with Crippen molar-refractivity contribution in [3.63, 3.8) is 0 Å². The predicted octanol–water partition coefficient (Wildman–Crippen LogP) is 6.08. The van der Waals surface area contributed by atoms with Crippen LogP contribution in [0.5, 0.6) is 17.2 Å². The molecule has 0 saturated heterocycles. The zero-order valence-corrected chi connectivity index (χ0v) is 33.1. The molecule has 0 aliphatic heterocycles. The number of tetrazole rings is 1. The van der Waals surface area contributed by atoms with Gasteiger partial charge in [0, 0.05) is 40.9 Å². The van der Waals surface area contributed by atoms with Gasteiger partial charge in [-0.15, -0.1) is 22.0 Å². The summed E-state index contributed by atoms with van der Waals surface area (Å²) in [6, 6.07) is 31.1. The van der Waals surface area contributed by atoms with Gasteiger partial charge in [-0.25, -0.2) is 18.4 Å². The summed E-state index contributed by atoms with van der Waals surface area (Å²) in [6.07, 6.45) is 1.62. The molecule has 0 fully saturated rings. The molecule has 0 spiro atoms. The van der Waals surface area contributed by atoms with E-state index in [1.807, 2.05) is 72.8 Å². The molecular formula is C41H40N8O6S2. The van der Waals surface area contributed by atoms with Crippen molar-refractivity contribution >= 4 is 38.6 Å². The number of hydrogen-bond acceptors (Lipinski definition) is 13. The van der Waals surface area contributed by atoms with E-state index in [1.165, 1.54) is 20.9 Å². The molecule has 7 rings (SSSR count). The van der Waals surface area contributed by atoms with Gasteiger partial charge in [-0.05, 0) is 69.9 Å². The Labute approximate surface area is 334 Å². The average Bonchev–Trinajstić information content (AvgIpc) is 3.70. The van der Waals surface area contributed by atoms with Crippen LogP contribution in [0.15, 0.2) is 119 Å². The summed E-state index contributed by atoms with van der Waals surface area (Å²) in [4.78, 5) is 10.5. The Hall–Kier alpha value is -6.07. The van der Waals surface area contributed by atoms with Crippen molar-refractivity contribution in [2.75, 3.05) is 39.4 Å². The third kappa shape index (κ3) is 8.68. The molecule has 7 aromatic rings. The first-order valence-electron chi connectivity index (χ1n) is 17.8. The minimum atomic E-state index is -4.44. The Morgan fingerprint density at radius 3 is 1.95 bits per heavy atom. The molecule has 0 amide bonds. The summed E-state index contributed by atoms with van der Waals surface area (Å²) in [5.41, 5.74) is 10.3. The first-order valence-corrected chi connectivity index (χ1v) is 20.2. The molecule has 0 aliphatic carbocycles. The molecule has 5 aromatic carbocycles. The molecule has 57 heavy (non-hydrogen) atoms. The molecule has 0 bridgehead atoms. The van der Waals surface area contributed by atoms with Crippen molar-refractivity contribution < 1.29 is 27.7 Å². The molecule has 0 unspecified atom stereocenters. The van der Waals surface area contributed by atoms with Crippen LogP contribution in [0, 0.1) is 0 Å². The van der Waals surface area contributed by atoms with Crippen LogP contribution in [0.4, 0.5) is 5.95 Å². The number of aliphatic hydroxyl groups excluding tert-OH is 1. The summed E-state index contributed by atoms with van der Waals surface area (Å²) in [6.45, 7) is 0.106. The normalized spacial score (nSPS) is 11.6. The number of ether oxygens (including phenoxy) is 3. The summed E-state index contributed by atoms with van der Waals surface area (Å²) in [5.74, 6) is 2.36. The fraction of sp³-hybridized carbons (Fsp3) is 0.195. The topological polar surface area (TPSA) is 181 Å². The highest BCUT2D eigenvalue weighted by molar-refractivity contribution is 8.00. The fourth-order valence-corrected chi connectivity index (χ4v) is 9.23. The largest absolute Gasteiger partial charge is 0.497 e. The summed E-state index contributed by atoms with van der Waals surface area (Å²) in [5, 5.41) is 24.4. The molecule has 0 saturated carbocycles. The molecule has 16 heteroatoms. The van der Waals surface area contributed by atoms with Gasteiger partial charge in [0.25, 0.3) is 0 Å². The van der Waals surface area contributed by atoms with Gasteiger partial charge in [0.2, 0.25) is 21.8 Å². The van der Waals surface area contributed by atoms with E-state index in [1.54, 1.807) is 57.9 Å². The predicted molar refractivity (Wildman–Crippen MR) is 219 cm³/mol. The molecule has 3 N–H and O–H groups in total. The van der Waals surface area contributed by atoms with Gasteiger partial charge in [-0.1, -0.05) is 60.7 Å². The lowest BCUT2D eigenvalue weighted by atomic mass is 9.97. The van der Waals surface area contributed by atoms with Crippen molar-refractivity contribution in [3.05, 3.63) is 126 Å². The second-order valence-corrected chi connectivity index (χ2v) is 15.8. The number of rotatable bonds is 16. The first-order chi connectivity index (χ1) is 27.7. The second-order valence-electron chi connectivity index (χ2n) is 12.8. The van der Waals surface area contributed by atoms with E-state index in [0.717, 1.165) is 16.7 Å². The van der Waals surface area contributed by atoms with Crippen molar-refractivity contribution in [1.82, 2.24) is 34.5 Å². The standard InChI is InChI=1S/C41H40N8O6S2/c1-53-31-13-7-27(8-14-31)24-48(25-28-9-15-32(54-2)16-10-28)57(51,52)39-36(56-22-21-50)20-19-34(35-6-4-5-30-23-43-41(42)44-38(30)35)37(39)40-45-47-49(46-40)26-29-11-17-33(55-3)18-12-29/h4-20,23,50H,21-22,24-26H2,1-3H3,(H2,42,43,44). The van der Waals surface area contributed by atoms with Crippen LogP contribution in [0.3, 0.4) is 0 Å². The number of benzene rings is 5. The smallest absolute Gasteiger partial charge is 0.245 e. The van der Waals surface area contributed by atoms with Gasteiger partial charge in [0.15, 0.2) is 0 Å². The van der Waals surface area contributed by atoms with Crippen LogP contribution in [-0.4, -0.2) is 81.7 Å². The number of aromatic nitrogens is 6. The fourth-order valence-electron chi connectivity index (χ4n) is 6.35. The van der Waals surface area contributed by atoms with Crippen molar-refractivity contribution in [2.45, 2.75) is 29.4 Å². The average molecular weight is 805 g/mol. The minimum Gasteiger partial charge on any atom is -0.497 e. The van der Waals surface area contributed by atoms with Crippen LogP contribution in [0.2, 0.25) is 0 Å². The highest BCUT2D eigenvalue weighted by atomic mass is 32.2. The van der Waals surface area contributed by atoms with Crippen LogP contribution < -0.4 is 19.9 Å². The number of thioether (sulfide) groups is 1. The van der Waals surface area contributed by atoms with Gasteiger partial charge in [-0.3, -0.25) is 0 Å². The Balaban J connectivity index is 1.46. The van der Waals surface area contributed by atoms with Crippen LogP contribution in [0.25, 0.3) is 33.4 Å². The van der Waals surface area contributed by atoms with Gasteiger partial charge < -0.3 is 25.1 Å². The van der Waals surface area contributed by atoms with E-state index in [2.05, 4.69) is 20.3 Å². The van der Waals surface area contributed by atoms with E-state index < -0.39 is 10.0 Å². The number of nitrogens with two attached hydrogens (primary N) is 1. The number of nitrogens with zero attached hydrogens (tertiary/aromatic N) is 7. The third-order valence-corrected chi connectivity index (χ3v) is 12.2. The van der Waals surface area contributed by atoms with Gasteiger partial charge in [-0.2, -0.15) is 9.10 Å². The molecule has 292 valence electrons. The van der Waals surface area contributed by atoms with Gasteiger partial charge in [0.1, 0.15) is 22.1 Å². The molecule has 0 atom stereocenters. The number of hydrogen-bond donors (Lipinski definition) is 2. The van der Waals surface area contributed by atoms with Crippen LogP contribution >= 0.6 is 11.8 Å². The quantitative estimate of drug-likeness (QED) is 0.107. The highest BCUT2D eigenvalue weighted by Crippen LogP contribution is 2.44. The number of methoxy groups -OCH3 is 3. The number of sulfonamides is 1. The van der Waals surface area contributed by atoms with E-state index in [4.69, 9.17) is 25.0 Å². The van der Waals surface area contributed by atoms with Crippen molar-refractivity contribution in [1.29, 1.82) is 0 Å². The van der Waals surface area contributed by atoms with Gasteiger partial charge in [0.05, 0.1) is 45.6 Å². The summed E-state index contributed by atoms with van der Waals surface area (Å²) >= 11 is 1.22. The minimum absolute atomic E-state index is 0.0156.